The molecule has 1 aliphatic rings. The fraction of sp³-hybridized carbons (Fsp3) is 0.500. The highest BCUT2D eigenvalue weighted by Gasteiger charge is 2.11. The van der Waals surface area contributed by atoms with Gasteiger partial charge in [-0.1, -0.05) is 0 Å². The number of morpholine rings is 1. The second-order valence-electron chi connectivity index (χ2n) is 2.66. The van der Waals surface area contributed by atoms with Crippen molar-refractivity contribution >= 4 is 5.82 Å². The molecule has 64 valence electrons. The largest absolute Gasteiger partial charge is 0.378 e. The third kappa shape index (κ3) is 1.53. The second-order valence-corrected chi connectivity index (χ2v) is 2.66. The quantitative estimate of drug-likeness (QED) is 0.600. The average molecular weight is 165 g/mol. The Morgan fingerprint density at radius 3 is 2.75 bits per heavy atom. The lowest BCUT2D eigenvalue weighted by Crippen LogP contribution is -2.36. The van der Waals surface area contributed by atoms with E-state index < -0.39 is 0 Å². The molecule has 4 nitrogen and oxygen atoms in total. The molecule has 1 aromatic rings. The third-order valence-corrected chi connectivity index (χ3v) is 1.88. The first-order chi connectivity index (χ1) is 5.97. The van der Waals surface area contributed by atoms with Crippen LogP contribution in [0.4, 0.5) is 5.82 Å². The summed E-state index contributed by atoms with van der Waals surface area (Å²) in [7, 11) is 0. The highest BCUT2D eigenvalue weighted by atomic mass is 16.5. The van der Waals surface area contributed by atoms with E-state index in [-0.39, 0.29) is 0 Å². The minimum Gasteiger partial charge on any atom is -0.378 e. The molecule has 0 atom stereocenters. The van der Waals surface area contributed by atoms with Crippen LogP contribution in [0, 0.1) is 0 Å². The minimum absolute atomic E-state index is 0.788. The van der Waals surface area contributed by atoms with Crippen LogP contribution >= 0.6 is 0 Å². The molecular formula is C8H11N3O. The van der Waals surface area contributed by atoms with Crippen LogP contribution < -0.4 is 4.90 Å². The van der Waals surface area contributed by atoms with E-state index in [9.17, 15) is 0 Å². The van der Waals surface area contributed by atoms with Gasteiger partial charge in [0, 0.05) is 25.5 Å². The monoisotopic (exact) mass is 165 g/mol. The first-order valence-corrected chi connectivity index (χ1v) is 4.05. The van der Waals surface area contributed by atoms with Crippen LogP contribution in [0.3, 0.4) is 0 Å². The molecule has 1 fully saturated rings. The van der Waals surface area contributed by atoms with E-state index >= 15 is 0 Å². The molecule has 0 radical (unpaired) electrons. The van der Waals surface area contributed by atoms with Gasteiger partial charge < -0.3 is 9.64 Å². The van der Waals surface area contributed by atoms with Gasteiger partial charge in [0.1, 0.15) is 5.82 Å². The number of hydrogen-bond acceptors (Lipinski definition) is 4. The Labute approximate surface area is 71.2 Å². The molecule has 2 heterocycles. The summed E-state index contributed by atoms with van der Waals surface area (Å²) in [5, 5.41) is 0. The Morgan fingerprint density at radius 2 is 2.08 bits per heavy atom. The molecule has 0 bridgehead atoms. The van der Waals surface area contributed by atoms with Gasteiger partial charge in [0.05, 0.1) is 19.4 Å². The topological polar surface area (TPSA) is 38.2 Å². The molecule has 1 aromatic heterocycles. The summed E-state index contributed by atoms with van der Waals surface area (Å²) in [5.41, 5.74) is 0. The molecule has 0 unspecified atom stereocenters. The van der Waals surface area contributed by atoms with Crippen molar-refractivity contribution in [3.8, 4) is 0 Å². The van der Waals surface area contributed by atoms with Crippen molar-refractivity contribution < 1.29 is 4.74 Å². The predicted octanol–water partition coefficient (Wildman–Crippen LogP) is 0.313. The zero-order valence-corrected chi connectivity index (χ0v) is 6.81. The van der Waals surface area contributed by atoms with Crippen LogP contribution in [0.25, 0.3) is 0 Å². The Morgan fingerprint density at radius 1 is 1.25 bits per heavy atom. The maximum atomic E-state index is 5.23. The lowest BCUT2D eigenvalue weighted by Gasteiger charge is -2.27. The van der Waals surface area contributed by atoms with Gasteiger partial charge >= 0.3 is 0 Å². The molecule has 0 aliphatic carbocycles. The minimum atomic E-state index is 0.788. The molecule has 0 saturated carbocycles. The second kappa shape index (κ2) is 3.49. The number of anilines is 1. The summed E-state index contributed by atoms with van der Waals surface area (Å²) >= 11 is 0. The summed E-state index contributed by atoms with van der Waals surface area (Å²) in [4.78, 5) is 10.4. The van der Waals surface area contributed by atoms with E-state index in [0.717, 1.165) is 32.1 Å². The van der Waals surface area contributed by atoms with Crippen LogP contribution in [0.15, 0.2) is 18.6 Å². The van der Waals surface area contributed by atoms with E-state index in [4.69, 9.17) is 4.74 Å². The molecule has 1 aliphatic heterocycles. The SMILES string of the molecule is c1cnc(N2CCOCC2)cn1. The lowest BCUT2D eigenvalue weighted by atomic mass is 10.4. The predicted molar refractivity (Wildman–Crippen MR) is 45.1 cm³/mol. The Bertz CT molecular complexity index is 233. The van der Waals surface area contributed by atoms with Gasteiger partial charge in [-0.05, 0) is 0 Å². The van der Waals surface area contributed by atoms with Crippen molar-refractivity contribution in [3.63, 3.8) is 0 Å². The van der Waals surface area contributed by atoms with E-state index in [2.05, 4.69) is 14.9 Å². The van der Waals surface area contributed by atoms with E-state index in [1.54, 1.807) is 18.6 Å². The van der Waals surface area contributed by atoms with Gasteiger partial charge in [0.25, 0.3) is 0 Å². The maximum absolute atomic E-state index is 5.23. The van der Waals surface area contributed by atoms with Crippen molar-refractivity contribution in [1.29, 1.82) is 0 Å². The van der Waals surface area contributed by atoms with Crippen LogP contribution in [0.5, 0.6) is 0 Å². The number of nitrogens with zero attached hydrogens (tertiary/aromatic N) is 3. The molecule has 0 amide bonds. The average Bonchev–Trinajstić information content (AvgIpc) is 2.21. The van der Waals surface area contributed by atoms with Crippen LogP contribution in [-0.2, 0) is 4.74 Å². The van der Waals surface area contributed by atoms with Gasteiger partial charge in [0.15, 0.2) is 0 Å². The molecule has 2 rings (SSSR count). The number of aromatic nitrogens is 2. The molecule has 4 heteroatoms. The molecular weight excluding hydrogens is 154 g/mol. The molecule has 0 aromatic carbocycles. The Kier molecular flexibility index (Phi) is 2.18. The Hall–Kier alpha value is -1.16. The van der Waals surface area contributed by atoms with Crippen molar-refractivity contribution in [2.75, 3.05) is 31.2 Å². The molecule has 12 heavy (non-hydrogen) atoms. The summed E-state index contributed by atoms with van der Waals surface area (Å²) in [6.07, 6.45) is 5.18. The van der Waals surface area contributed by atoms with Crippen molar-refractivity contribution in [1.82, 2.24) is 9.97 Å². The number of hydrogen-bond donors (Lipinski definition) is 0. The van der Waals surface area contributed by atoms with E-state index in [1.165, 1.54) is 0 Å². The zero-order chi connectivity index (χ0) is 8.23. The van der Waals surface area contributed by atoms with Gasteiger partial charge in [0.2, 0.25) is 0 Å². The van der Waals surface area contributed by atoms with Crippen molar-refractivity contribution in [3.05, 3.63) is 18.6 Å². The fourth-order valence-electron chi connectivity index (χ4n) is 1.25. The van der Waals surface area contributed by atoms with Gasteiger partial charge in [-0.2, -0.15) is 0 Å². The standard InChI is InChI=1S/C8H11N3O/c1-2-10-8(7-9-1)11-3-5-12-6-4-11/h1-2,7H,3-6H2. The van der Waals surface area contributed by atoms with Crippen LogP contribution in [-0.4, -0.2) is 36.3 Å². The highest BCUT2D eigenvalue weighted by Crippen LogP contribution is 2.08. The first-order valence-electron chi connectivity index (χ1n) is 4.05. The van der Waals surface area contributed by atoms with Crippen LogP contribution in [0.1, 0.15) is 0 Å². The highest BCUT2D eigenvalue weighted by molar-refractivity contribution is 5.35. The fourth-order valence-corrected chi connectivity index (χ4v) is 1.25. The van der Waals surface area contributed by atoms with Gasteiger partial charge in [-0.25, -0.2) is 4.98 Å². The van der Waals surface area contributed by atoms with Crippen molar-refractivity contribution in [2.45, 2.75) is 0 Å². The number of ether oxygens (including phenoxy) is 1. The maximum Gasteiger partial charge on any atom is 0.147 e. The Balaban J connectivity index is 2.08. The van der Waals surface area contributed by atoms with Gasteiger partial charge in [-0.15, -0.1) is 0 Å². The molecule has 0 spiro atoms. The normalized spacial score (nSPS) is 17.8. The lowest BCUT2D eigenvalue weighted by molar-refractivity contribution is 0.122. The smallest absolute Gasteiger partial charge is 0.147 e. The molecule has 1 saturated heterocycles. The summed E-state index contributed by atoms with van der Waals surface area (Å²) in [6, 6.07) is 0. The summed E-state index contributed by atoms with van der Waals surface area (Å²) in [5.74, 6) is 0.945. The molecule has 0 N–H and O–H groups in total. The summed E-state index contributed by atoms with van der Waals surface area (Å²) < 4.78 is 5.23. The van der Waals surface area contributed by atoms with E-state index in [1.807, 2.05) is 0 Å². The van der Waals surface area contributed by atoms with Crippen LogP contribution in [0.2, 0.25) is 0 Å². The van der Waals surface area contributed by atoms with Crippen molar-refractivity contribution in [2.24, 2.45) is 0 Å². The van der Waals surface area contributed by atoms with Gasteiger partial charge in [-0.3, -0.25) is 4.98 Å². The first kappa shape index (κ1) is 7.49. The zero-order valence-electron chi connectivity index (χ0n) is 6.81. The summed E-state index contributed by atoms with van der Waals surface area (Å²) in [6.45, 7) is 3.41. The number of rotatable bonds is 1. The third-order valence-electron chi connectivity index (χ3n) is 1.88. The van der Waals surface area contributed by atoms with E-state index in [0.29, 0.717) is 0 Å².